The third-order valence-corrected chi connectivity index (χ3v) is 6.42. The van der Waals surface area contributed by atoms with Crippen LogP contribution in [-0.2, 0) is 0 Å². The fourth-order valence-electron chi connectivity index (χ4n) is 6.90. The van der Waals surface area contributed by atoms with Crippen LogP contribution in [0.25, 0.3) is 0 Å². The van der Waals surface area contributed by atoms with Gasteiger partial charge < -0.3 is 0 Å². The fraction of sp³-hybridized carbons (Fsp3) is 0.889. The highest BCUT2D eigenvalue weighted by molar-refractivity contribution is 5.13. The Hall–Kier alpha value is -0.520. The van der Waals surface area contributed by atoms with Crippen LogP contribution in [0.15, 0.2) is 0 Å². The molecule has 3 N–H and O–H groups in total. The van der Waals surface area contributed by atoms with Crippen LogP contribution in [0.5, 0.6) is 0 Å². The molecule has 3 atom stereocenters. The van der Waals surface area contributed by atoms with Gasteiger partial charge in [0, 0.05) is 12.5 Å². The Morgan fingerprint density at radius 2 is 1.85 bits per heavy atom. The average Bonchev–Trinajstić information content (AvgIpc) is 2.29. The second kappa shape index (κ2) is 4.75. The maximum absolute atomic E-state index is 5.96. The van der Waals surface area contributed by atoms with E-state index in [0.717, 1.165) is 25.2 Å². The van der Waals surface area contributed by atoms with Crippen LogP contribution >= 0.6 is 0 Å². The van der Waals surface area contributed by atoms with E-state index in [2.05, 4.69) is 25.2 Å². The maximum atomic E-state index is 5.96. The Morgan fingerprint density at radius 3 is 2.35 bits per heavy atom. The lowest BCUT2D eigenvalue weighted by Crippen LogP contribution is -2.62. The summed E-state index contributed by atoms with van der Waals surface area (Å²) < 4.78 is 0. The Morgan fingerprint density at radius 1 is 1.20 bits per heavy atom. The van der Waals surface area contributed by atoms with E-state index < -0.39 is 0 Å². The molecule has 4 rings (SSSR count). The third-order valence-electron chi connectivity index (χ3n) is 6.42. The van der Waals surface area contributed by atoms with Gasteiger partial charge in [0.2, 0.25) is 0 Å². The summed E-state index contributed by atoms with van der Waals surface area (Å²) in [5.74, 6) is 9.66. The quantitative estimate of drug-likeness (QED) is 0.348. The monoisotopic (exact) mass is 274 g/mol. The summed E-state index contributed by atoms with van der Waals surface area (Å²) in [4.78, 5) is 0. The molecule has 0 spiro atoms. The molecule has 4 bridgehead atoms. The zero-order valence-electron chi connectivity index (χ0n) is 13.2. The van der Waals surface area contributed by atoms with Crippen molar-refractivity contribution in [1.82, 2.24) is 5.43 Å². The molecule has 0 aromatic heterocycles. The zero-order chi connectivity index (χ0) is 14.4. The Balaban J connectivity index is 1.82. The van der Waals surface area contributed by atoms with Gasteiger partial charge >= 0.3 is 0 Å². The molecule has 4 aliphatic rings. The van der Waals surface area contributed by atoms with Crippen molar-refractivity contribution in [3.63, 3.8) is 0 Å². The predicted molar refractivity (Wildman–Crippen MR) is 83.6 cm³/mol. The van der Waals surface area contributed by atoms with Gasteiger partial charge in [0.05, 0.1) is 0 Å². The lowest BCUT2D eigenvalue weighted by Gasteiger charge is -2.67. The number of nitrogens with two attached hydrogens (primary N) is 1. The number of terminal acetylenes is 1. The average molecular weight is 274 g/mol. The number of hydrazine groups is 1. The molecule has 0 aromatic carbocycles. The minimum atomic E-state index is 0.437. The van der Waals surface area contributed by atoms with Gasteiger partial charge in [-0.05, 0) is 73.5 Å². The van der Waals surface area contributed by atoms with Crippen molar-refractivity contribution >= 4 is 0 Å². The first-order valence-corrected chi connectivity index (χ1v) is 8.32. The molecule has 2 nitrogen and oxygen atoms in total. The van der Waals surface area contributed by atoms with E-state index in [1.165, 1.54) is 38.5 Å². The molecule has 4 aliphatic carbocycles. The van der Waals surface area contributed by atoms with Crippen molar-refractivity contribution < 1.29 is 0 Å². The summed E-state index contributed by atoms with van der Waals surface area (Å²) in [6, 6.07) is 0.456. The molecule has 0 heterocycles. The first-order valence-electron chi connectivity index (χ1n) is 8.32. The van der Waals surface area contributed by atoms with E-state index in [0.29, 0.717) is 22.3 Å². The molecule has 0 aromatic rings. The first-order chi connectivity index (χ1) is 9.43. The van der Waals surface area contributed by atoms with Crippen molar-refractivity contribution in [1.29, 1.82) is 0 Å². The Kier molecular flexibility index (Phi) is 3.42. The minimum absolute atomic E-state index is 0.437. The molecule has 4 saturated carbocycles. The van der Waals surface area contributed by atoms with Crippen LogP contribution in [0.2, 0.25) is 0 Å². The zero-order valence-corrected chi connectivity index (χ0v) is 13.2. The molecule has 3 unspecified atom stereocenters. The summed E-state index contributed by atoms with van der Waals surface area (Å²) in [7, 11) is 0. The number of unbranched alkanes of at least 4 members (excludes halogenated alkanes) is 1. The van der Waals surface area contributed by atoms with Crippen molar-refractivity contribution in [3.05, 3.63) is 0 Å². The summed E-state index contributed by atoms with van der Waals surface area (Å²) in [5.41, 5.74) is 4.75. The lowest BCUT2D eigenvalue weighted by atomic mass is 9.39. The first kappa shape index (κ1) is 14.4. The number of nitrogens with one attached hydrogen (secondary N) is 1. The molecule has 0 saturated heterocycles. The summed E-state index contributed by atoms with van der Waals surface area (Å²) in [6.07, 6.45) is 17.0. The lowest BCUT2D eigenvalue weighted by molar-refractivity contribution is -0.158. The van der Waals surface area contributed by atoms with Crippen molar-refractivity contribution in [2.24, 2.45) is 28.0 Å². The van der Waals surface area contributed by atoms with Gasteiger partial charge in [0.15, 0.2) is 0 Å². The van der Waals surface area contributed by atoms with Gasteiger partial charge in [0.1, 0.15) is 0 Å². The largest absolute Gasteiger partial charge is 0.271 e. The Labute approximate surface area is 124 Å². The molecule has 20 heavy (non-hydrogen) atoms. The third kappa shape index (κ3) is 2.30. The normalized spacial score (nSPS) is 47.2. The molecule has 112 valence electrons. The van der Waals surface area contributed by atoms with Crippen LogP contribution < -0.4 is 11.3 Å². The molecule has 2 heteroatoms. The topological polar surface area (TPSA) is 38.0 Å². The van der Waals surface area contributed by atoms with Crippen LogP contribution in [0.3, 0.4) is 0 Å². The number of rotatable bonds is 5. The second-order valence-corrected chi connectivity index (χ2v) is 8.81. The van der Waals surface area contributed by atoms with E-state index >= 15 is 0 Å². The SMILES string of the molecule is C#CCCCC(NN)C12CC3CC(C)(CC(C)(C3)C1)C2. The van der Waals surface area contributed by atoms with Crippen LogP contribution in [0.1, 0.15) is 71.6 Å². The molecule has 0 amide bonds. The standard InChI is InChI=1S/C18H30N2/c1-4-5-6-7-15(20-19)18-10-14-8-16(2,12-18)11-17(3,9-14)13-18/h1,14-15,20H,5-13,19H2,2-3H3. The molecular formula is C18H30N2. The van der Waals surface area contributed by atoms with Gasteiger partial charge in [0.25, 0.3) is 0 Å². The minimum Gasteiger partial charge on any atom is -0.271 e. The predicted octanol–water partition coefficient (Wildman–Crippen LogP) is 3.62. The summed E-state index contributed by atoms with van der Waals surface area (Å²) in [6.45, 7) is 5.05. The van der Waals surface area contributed by atoms with Gasteiger partial charge in [-0.1, -0.05) is 13.8 Å². The smallest absolute Gasteiger partial charge is 0.0267 e. The number of hydrogen-bond donors (Lipinski definition) is 2. The summed E-state index contributed by atoms with van der Waals surface area (Å²) >= 11 is 0. The molecule has 0 radical (unpaired) electrons. The number of hydrogen-bond acceptors (Lipinski definition) is 2. The molecule has 4 fully saturated rings. The fourth-order valence-corrected chi connectivity index (χ4v) is 6.90. The van der Waals surface area contributed by atoms with Crippen molar-refractivity contribution in [2.75, 3.05) is 0 Å². The summed E-state index contributed by atoms with van der Waals surface area (Å²) in [5, 5.41) is 0. The van der Waals surface area contributed by atoms with Crippen LogP contribution in [-0.4, -0.2) is 6.04 Å². The van der Waals surface area contributed by atoms with Crippen LogP contribution in [0.4, 0.5) is 0 Å². The van der Waals surface area contributed by atoms with E-state index in [1.54, 1.807) is 0 Å². The highest BCUT2D eigenvalue weighted by atomic mass is 15.2. The maximum Gasteiger partial charge on any atom is 0.0267 e. The van der Waals surface area contributed by atoms with Crippen LogP contribution in [0, 0.1) is 34.5 Å². The Bertz CT molecular complexity index is 404. The van der Waals surface area contributed by atoms with E-state index in [-0.39, 0.29) is 0 Å². The highest BCUT2D eigenvalue weighted by Crippen LogP contribution is 2.70. The van der Waals surface area contributed by atoms with Gasteiger partial charge in [-0.2, -0.15) is 0 Å². The van der Waals surface area contributed by atoms with E-state index in [1.807, 2.05) is 0 Å². The second-order valence-electron chi connectivity index (χ2n) is 8.81. The van der Waals surface area contributed by atoms with Crippen molar-refractivity contribution in [2.45, 2.75) is 77.7 Å². The molecular weight excluding hydrogens is 244 g/mol. The van der Waals surface area contributed by atoms with E-state index in [9.17, 15) is 0 Å². The molecule has 0 aliphatic heterocycles. The van der Waals surface area contributed by atoms with Crippen molar-refractivity contribution in [3.8, 4) is 12.3 Å². The van der Waals surface area contributed by atoms with Gasteiger partial charge in [-0.25, -0.2) is 0 Å². The highest BCUT2D eigenvalue weighted by Gasteiger charge is 2.61. The van der Waals surface area contributed by atoms with Gasteiger partial charge in [-0.3, -0.25) is 11.3 Å². The van der Waals surface area contributed by atoms with E-state index in [4.69, 9.17) is 12.3 Å². The van der Waals surface area contributed by atoms with Gasteiger partial charge in [-0.15, -0.1) is 12.3 Å².